The third kappa shape index (κ3) is 44.5. The van der Waals surface area contributed by atoms with Gasteiger partial charge in [0, 0.05) is 19.3 Å². The van der Waals surface area contributed by atoms with Gasteiger partial charge < -0.3 is 14.2 Å². The number of carbonyl (C=O) groups is 3. The Labute approximate surface area is 358 Å². The van der Waals surface area contributed by atoms with Crippen molar-refractivity contribution in [2.45, 2.75) is 252 Å². The molecule has 1 unspecified atom stereocenters. The Bertz CT molecular complexity index is 1030. The van der Waals surface area contributed by atoms with Crippen molar-refractivity contribution in [2.24, 2.45) is 0 Å². The molecular weight excluding hydrogens is 721 g/mol. The summed E-state index contributed by atoms with van der Waals surface area (Å²) in [6.07, 6.45) is 55.3. The van der Waals surface area contributed by atoms with E-state index in [1.165, 1.54) is 109 Å². The van der Waals surface area contributed by atoms with Crippen LogP contribution in [0.3, 0.4) is 0 Å². The lowest BCUT2D eigenvalue weighted by molar-refractivity contribution is -0.167. The van der Waals surface area contributed by atoms with Gasteiger partial charge in [-0.05, 0) is 70.6 Å². The number of unbranched alkanes of at least 4 members (excludes halogenated alkanes) is 25. The van der Waals surface area contributed by atoms with Gasteiger partial charge in [-0.1, -0.05) is 204 Å². The first-order chi connectivity index (χ1) is 28.5. The monoisotopic (exact) mass is 813 g/mol. The molecule has 0 aliphatic heterocycles. The zero-order valence-corrected chi connectivity index (χ0v) is 38.3. The molecule has 0 amide bonds. The maximum atomic E-state index is 12.7. The fourth-order valence-electron chi connectivity index (χ4n) is 6.87. The molecule has 6 heteroatoms. The maximum Gasteiger partial charge on any atom is 0.306 e. The summed E-state index contributed by atoms with van der Waals surface area (Å²) in [5.41, 5.74) is 0. The van der Waals surface area contributed by atoms with E-state index in [1.807, 2.05) is 0 Å². The summed E-state index contributed by atoms with van der Waals surface area (Å²) < 4.78 is 16.7. The quantitative estimate of drug-likeness (QED) is 0.0264. The van der Waals surface area contributed by atoms with Crippen LogP contribution < -0.4 is 0 Å². The number of esters is 3. The molecule has 0 aliphatic carbocycles. The van der Waals surface area contributed by atoms with E-state index in [0.29, 0.717) is 19.3 Å². The Kier molecular flexibility index (Phi) is 44.9. The predicted molar refractivity (Wildman–Crippen MR) is 247 cm³/mol. The van der Waals surface area contributed by atoms with Crippen molar-refractivity contribution in [3.05, 3.63) is 48.6 Å². The molecule has 0 spiro atoms. The fraction of sp³-hybridized carbons (Fsp3) is 0.788. The highest BCUT2D eigenvalue weighted by molar-refractivity contribution is 5.71. The molecule has 0 N–H and O–H groups in total. The van der Waals surface area contributed by atoms with Crippen LogP contribution in [0, 0.1) is 0 Å². The molecule has 336 valence electrons. The highest BCUT2D eigenvalue weighted by atomic mass is 16.6. The van der Waals surface area contributed by atoms with E-state index in [4.69, 9.17) is 14.2 Å². The lowest BCUT2D eigenvalue weighted by Gasteiger charge is -2.18. The van der Waals surface area contributed by atoms with Crippen LogP contribution in [0.4, 0.5) is 0 Å². The summed E-state index contributed by atoms with van der Waals surface area (Å²) in [6, 6.07) is 0. The normalized spacial score (nSPS) is 12.4. The molecule has 0 rings (SSSR count). The van der Waals surface area contributed by atoms with Crippen molar-refractivity contribution in [3.63, 3.8) is 0 Å². The molecule has 0 aromatic carbocycles. The fourth-order valence-corrected chi connectivity index (χ4v) is 6.87. The number of allylic oxidation sites excluding steroid dienone is 8. The van der Waals surface area contributed by atoms with E-state index in [0.717, 1.165) is 96.3 Å². The maximum absolute atomic E-state index is 12.7. The van der Waals surface area contributed by atoms with E-state index >= 15 is 0 Å². The van der Waals surface area contributed by atoms with Crippen molar-refractivity contribution < 1.29 is 28.6 Å². The Hall–Kier alpha value is -2.63. The molecule has 0 fully saturated rings. The summed E-state index contributed by atoms with van der Waals surface area (Å²) >= 11 is 0. The summed E-state index contributed by atoms with van der Waals surface area (Å²) in [5.74, 6) is -0.922. The predicted octanol–water partition coefficient (Wildman–Crippen LogP) is 15.9. The summed E-state index contributed by atoms with van der Waals surface area (Å²) in [4.78, 5) is 37.8. The van der Waals surface area contributed by atoms with Crippen LogP contribution in [0.25, 0.3) is 0 Å². The second-order valence-electron chi connectivity index (χ2n) is 16.3. The summed E-state index contributed by atoms with van der Waals surface area (Å²) in [5, 5.41) is 0. The van der Waals surface area contributed by atoms with Gasteiger partial charge in [0.15, 0.2) is 6.10 Å². The van der Waals surface area contributed by atoms with E-state index in [1.54, 1.807) is 0 Å². The number of hydrogen-bond acceptors (Lipinski definition) is 6. The molecule has 0 saturated heterocycles. The molecule has 58 heavy (non-hydrogen) atoms. The average Bonchev–Trinajstić information content (AvgIpc) is 3.22. The summed E-state index contributed by atoms with van der Waals surface area (Å²) in [6.45, 7) is 6.44. The molecule has 1 atom stereocenters. The number of carbonyl (C=O) groups excluding carboxylic acids is 3. The van der Waals surface area contributed by atoms with Crippen LogP contribution in [-0.4, -0.2) is 37.2 Å². The third-order valence-electron chi connectivity index (χ3n) is 10.5. The molecule has 0 aromatic rings. The van der Waals surface area contributed by atoms with E-state index in [-0.39, 0.29) is 31.1 Å². The minimum Gasteiger partial charge on any atom is -0.462 e. The first-order valence-electron chi connectivity index (χ1n) is 24.6. The number of rotatable bonds is 44. The van der Waals surface area contributed by atoms with Gasteiger partial charge in [0.2, 0.25) is 0 Å². The van der Waals surface area contributed by atoms with E-state index in [9.17, 15) is 14.4 Å². The molecule has 0 heterocycles. The van der Waals surface area contributed by atoms with Gasteiger partial charge in [0.05, 0.1) is 0 Å². The van der Waals surface area contributed by atoms with Crippen molar-refractivity contribution in [3.8, 4) is 0 Å². The Morgan fingerprint density at radius 2 is 0.707 bits per heavy atom. The minimum atomic E-state index is -0.787. The van der Waals surface area contributed by atoms with Crippen LogP contribution in [0.15, 0.2) is 48.6 Å². The van der Waals surface area contributed by atoms with Crippen LogP contribution in [0.1, 0.15) is 245 Å². The van der Waals surface area contributed by atoms with E-state index in [2.05, 4.69) is 69.4 Å². The van der Waals surface area contributed by atoms with Gasteiger partial charge in [-0.25, -0.2) is 0 Å². The number of hydrogen-bond donors (Lipinski definition) is 0. The Morgan fingerprint density at radius 3 is 1.16 bits per heavy atom. The van der Waals surface area contributed by atoms with Crippen LogP contribution in [-0.2, 0) is 28.6 Å². The molecule has 6 nitrogen and oxygen atoms in total. The summed E-state index contributed by atoms with van der Waals surface area (Å²) in [7, 11) is 0. The minimum absolute atomic E-state index is 0.0857. The number of ether oxygens (including phenoxy) is 3. The van der Waals surface area contributed by atoms with Crippen molar-refractivity contribution in [2.75, 3.05) is 13.2 Å². The third-order valence-corrected chi connectivity index (χ3v) is 10.5. The molecule has 0 radical (unpaired) electrons. The van der Waals surface area contributed by atoms with Crippen molar-refractivity contribution in [1.29, 1.82) is 0 Å². The zero-order chi connectivity index (χ0) is 42.3. The molecule has 0 bridgehead atoms. The molecule has 0 aromatic heterocycles. The van der Waals surface area contributed by atoms with Crippen molar-refractivity contribution >= 4 is 17.9 Å². The van der Waals surface area contributed by atoms with Gasteiger partial charge in [-0.15, -0.1) is 0 Å². The van der Waals surface area contributed by atoms with Crippen molar-refractivity contribution in [1.82, 2.24) is 0 Å². The van der Waals surface area contributed by atoms with Gasteiger partial charge in [0.25, 0.3) is 0 Å². The van der Waals surface area contributed by atoms with Gasteiger partial charge in [0.1, 0.15) is 13.2 Å². The largest absolute Gasteiger partial charge is 0.462 e. The molecule has 0 aliphatic rings. The molecular formula is C52H92O6. The molecule has 0 saturated carbocycles. The van der Waals surface area contributed by atoms with Gasteiger partial charge in [-0.3, -0.25) is 14.4 Å². The topological polar surface area (TPSA) is 78.9 Å². The first kappa shape index (κ1) is 55.4. The van der Waals surface area contributed by atoms with E-state index < -0.39 is 6.10 Å². The second kappa shape index (κ2) is 47.1. The van der Waals surface area contributed by atoms with Gasteiger partial charge in [-0.2, -0.15) is 0 Å². The lowest BCUT2D eigenvalue weighted by Crippen LogP contribution is -2.30. The van der Waals surface area contributed by atoms with Gasteiger partial charge >= 0.3 is 17.9 Å². The lowest BCUT2D eigenvalue weighted by atomic mass is 10.0. The van der Waals surface area contributed by atoms with Crippen LogP contribution >= 0.6 is 0 Å². The standard InChI is InChI=1S/C52H92O6/c1-4-7-10-13-16-19-22-24-25-26-27-29-30-33-36-39-42-45-51(54)57-48-49(47-56-50(53)44-41-38-35-32-21-18-15-12-9-6-3)58-52(55)46-43-40-37-34-31-28-23-20-17-14-11-8-5-2/h8,11-12,15,17,20,28,31,49H,4-7,9-10,13-14,16,18-19,21-27,29-30,32-48H2,1-3H3/b11-8-,15-12-,20-17-,31-28-. The SMILES string of the molecule is CC/C=C\C/C=C\C/C=C\CCCCCC(=O)OC(COC(=O)CCCCCCC/C=C\CCC)COC(=O)CCCCCCCCCCCCCCCCCCC. The average molecular weight is 813 g/mol. The highest BCUT2D eigenvalue weighted by Crippen LogP contribution is 2.15. The Morgan fingerprint density at radius 1 is 0.362 bits per heavy atom. The highest BCUT2D eigenvalue weighted by Gasteiger charge is 2.19. The smallest absolute Gasteiger partial charge is 0.306 e. The second-order valence-corrected chi connectivity index (χ2v) is 16.3. The first-order valence-corrected chi connectivity index (χ1v) is 24.6. The Balaban J connectivity index is 4.35. The zero-order valence-electron chi connectivity index (χ0n) is 38.3. The van der Waals surface area contributed by atoms with Crippen LogP contribution in [0.5, 0.6) is 0 Å². The van der Waals surface area contributed by atoms with Crippen LogP contribution in [0.2, 0.25) is 0 Å².